The first kappa shape index (κ1) is 10.5. The minimum atomic E-state index is 0.151. The van der Waals surface area contributed by atoms with Gasteiger partial charge in [0.2, 0.25) is 5.91 Å². The fourth-order valence-electron chi connectivity index (χ4n) is 1.49. The van der Waals surface area contributed by atoms with E-state index in [9.17, 15) is 4.79 Å². The molecule has 1 aliphatic rings. The molecule has 76 valence electrons. The molecule has 0 radical (unpaired) electrons. The van der Waals surface area contributed by atoms with Crippen LogP contribution < -0.4 is 0 Å². The van der Waals surface area contributed by atoms with Crippen molar-refractivity contribution in [2.24, 2.45) is 0 Å². The van der Waals surface area contributed by atoms with Crippen LogP contribution >= 0.6 is 0 Å². The molecule has 13 heavy (non-hydrogen) atoms. The second kappa shape index (κ2) is 5.22. The Labute approximate surface area is 80.1 Å². The van der Waals surface area contributed by atoms with Crippen LogP contribution in [0.3, 0.4) is 0 Å². The third-order valence-electron chi connectivity index (χ3n) is 2.46. The zero-order valence-electron chi connectivity index (χ0n) is 8.58. The largest absolute Gasteiger partial charge is 0.367 e. The van der Waals surface area contributed by atoms with Crippen molar-refractivity contribution >= 4 is 5.91 Å². The summed E-state index contributed by atoms with van der Waals surface area (Å²) in [6.45, 7) is 6.20. The molecular formula is C10H19NO2. The molecule has 0 aromatic heterocycles. The Balaban J connectivity index is 2.36. The number of unbranched alkanes of at least 4 members (excludes halogenated alkanes) is 1. The quantitative estimate of drug-likeness (QED) is 0.663. The summed E-state index contributed by atoms with van der Waals surface area (Å²) in [6.07, 6.45) is 3.49. The number of morpholine rings is 1. The maximum Gasteiger partial charge on any atom is 0.248 e. The second-order valence-electron chi connectivity index (χ2n) is 3.53. The number of rotatable bonds is 4. The molecule has 0 bridgehead atoms. The maximum absolute atomic E-state index is 11.4. The minimum absolute atomic E-state index is 0.151. The van der Waals surface area contributed by atoms with Gasteiger partial charge in [-0.3, -0.25) is 4.79 Å². The number of amides is 1. The fourth-order valence-corrected chi connectivity index (χ4v) is 1.49. The number of nitrogens with zero attached hydrogens (tertiary/aromatic N) is 1. The van der Waals surface area contributed by atoms with Gasteiger partial charge in [0.25, 0.3) is 0 Å². The topological polar surface area (TPSA) is 29.5 Å². The molecule has 1 unspecified atom stereocenters. The van der Waals surface area contributed by atoms with E-state index in [1.54, 1.807) is 0 Å². The molecule has 1 atom stereocenters. The van der Waals surface area contributed by atoms with Crippen molar-refractivity contribution in [2.75, 3.05) is 19.7 Å². The van der Waals surface area contributed by atoms with Gasteiger partial charge in [0.05, 0.1) is 6.10 Å². The summed E-state index contributed by atoms with van der Waals surface area (Å²) >= 11 is 0. The van der Waals surface area contributed by atoms with Crippen molar-refractivity contribution in [2.45, 2.75) is 39.2 Å². The zero-order chi connectivity index (χ0) is 9.68. The first-order valence-corrected chi connectivity index (χ1v) is 5.17. The smallest absolute Gasteiger partial charge is 0.248 e. The Morgan fingerprint density at radius 1 is 1.54 bits per heavy atom. The summed E-state index contributed by atoms with van der Waals surface area (Å²) in [5, 5.41) is 0. The van der Waals surface area contributed by atoms with Crippen LogP contribution in [-0.2, 0) is 9.53 Å². The predicted molar refractivity (Wildman–Crippen MR) is 51.5 cm³/mol. The molecule has 1 saturated heterocycles. The van der Waals surface area contributed by atoms with Gasteiger partial charge in [-0.2, -0.15) is 0 Å². The fraction of sp³-hybridized carbons (Fsp3) is 0.900. The van der Waals surface area contributed by atoms with Crippen LogP contribution in [-0.4, -0.2) is 36.6 Å². The van der Waals surface area contributed by atoms with Gasteiger partial charge in [-0.05, 0) is 12.8 Å². The van der Waals surface area contributed by atoms with Crippen molar-refractivity contribution < 1.29 is 9.53 Å². The lowest BCUT2D eigenvalue weighted by Crippen LogP contribution is -2.46. The molecule has 3 nitrogen and oxygen atoms in total. The third-order valence-corrected chi connectivity index (χ3v) is 2.46. The molecule has 0 aliphatic carbocycles. The van der Waals surface area contributed by atoms with E-state index in [0.29, 0.717) is 0 Å². The summed E-state index contributed by atoms with van der Waals surface area (Å²) < 4.78 is 5.36. The van der Waals surface area contributed by atoms with Gasteiger partial charge in [-0.15, -0.1) is 0 Å². The van der Waals surface area contributed by atoms with Crippen LogP contribution in [0.5, 0.6) is 0 Å². The molecular weight excluding hydrogens is 166 g/mol. The zero-order valence-corrected chi connectivity index (χ0v) is 8.58. The molecule has 0 spiro atoms. The monoisotopic (exact) mass is 185 g/mol. The van der Waals surface area contributed by atoms with Crippen LogP contribution in [0.2, 0.25) is 0 Å². The van der Waals surface area contributed by atoms with E-state index in [0.717, 1.165) is 32.4 Å². The Morgan fingerprint density at radius 2 is 2.31 bits per heavy atom. The average Bonchev–Trinajstić information content (AvgIpc) is 2.17. The molecule has 1 heterocycles. The van der Waals surface area contributed by atoms with Gasteiger partial charge in [-0.25, -0.2) is 0 Å². The molecule has 0 aromatic carbocycles. The standard InChI is InChI=1S/C10H19NO2/c1-3-5-6-11-7-9(4-2)13-8-10(11)12/h9H,3-8H2,1-2H3. The van der Waals surface area contributed by atoms with Crippen LogP contribution in [0.25, 0.3) is 0 Å². The lowest BCUT2D eigenvalue weighted by molar-refractivity contribution is -0.149. The highest BCUT2D eigenvalue weighted by Crippen LogP contribution is 2.09. The molecule has 0 N–H and O–H groups in total. The first-order chi connectivity index (χ1) is 6.27. The Kier molecular flexibility index (Phi) is 4.22. The summed E-state index contributed by atoms with van der Waals surface area (Å²) in [6, 6.07) is 0. The molecule has 0 aromatic rings. The van der Waals surface area contributed by atoms with Gasteiger partial charge in [0, 0.05) is 13.1 Å². The number of hydrogen-bond donors (Lipinski definition) is 0. The third kappa shape index (κ3) is 2.99. The lowest BCUT2D eigenvalue weighted by Gasteiger charge is -2.32. The van der Waals surface area contributed by atoms with Crippen molar-refractivity contribution in [1.82, 2.24) is 4.90 Å². The van der Waals surface area contributed by atoms with E-state index in [2.05, 4.69) is 13.8 Å². The normalized spacial score (nSPS) is 23.7. The van der Waals surface area contributed by atoms with Gasteiger partial charge in [0.15, 0.2) is 0 Å². The van der Waals surface area contributed by atoms with Gasteiger partial charge >= 0.3 is 0 Å². The van der Waals surface area contributed by atoms with E-state index < -0.39 is 0 Å². The summed E-state index contributed by atoms with van der Waals surface area (Å²) in [5.41, 5.74) is 0. The summed E-state index contributed by atoms with van der Waals surface area (Å²) in [7, 11) is 0. The Hall–Kier alpha value is -0.570. The van der Waals surface area contributed by atoms with Gasteiger partial charge in [-0.1, -0.05) is 20.3 Å². The van der Waals surface area contributed by atoms with Crippen molar-refractivity contribution in [3.63, 3.8) is 0 Å². The van der Waals surface area contributed by atoms with Crippen LogP contribution in [0.15, 0.2) is 0 Å². The number of carbonyl (C=O) groups is 1. The highest BCUT2D eigenvalue weighted by Gasteiger charge is 2.24. The molecule has 1 aliphatic heterocycles. The van der Waals surface area contributed by atoms with E-state index in [1.807, 2.05) is 4.90 Å². The summed E-state index contributed by atoms with van der Waals surface area (Å²) in [4.78, 5) is 13.3. The van der Waals surface area contributed by atoms with Crippen molar-refractivity contribution in [3.8, 4) is 0 Å². The number of hydrogen-bond acceptors (Lipinski definition) is 2. The average molecular weight is 185 g/mol. The van der Waals surface area contributed by atoms with Gasteiger partial charge < -0.3 is 9.64 Å². The van der Waals surface area contributed by atoms with E-state index >= 15 is 0 Å². The molecule has 1 rings (SSSR count). The highest BCUT2D eigenvalue weighted by atomic mass is 16.5. The van der Waals surface area contributed by atoms with Crippen LogP contribution in [0.4, 0.5) is 0 Å². The highest BCUT2D eigenvalue weighted by molar-refractivity contribution is 5.78. The van der Waals surface area contributed by atoms with Crippen LogP contribution in [0, 0.1) is 0 Å². The Bertz CT molecular complexity index is 170. The summed E-state index contributed by atoms with van der Waals surface area (Å²) in [5.74, 6) is 0.151. The number of carbonyl (C=O) groups excluding carboxylic acids is 1. The Morgan fingerprint density at radius 3 is 2.92 bits per heavy atom. The van der Waals surface area contributed by atoms with Crippen molar-refractivity contribution in [3.05, 3.63) is 0 Å². The van der Waals surface area contributed by atoms with E-state index in [-0.39, 0.29) is 18.6 Å². The molecule has 0 saturated carbocycles. The molecule has 1 amide bonds. The predicted octanol–water partition coefficient (Wildman–Crippen LogP) is 1.42. The number of ether oxygens (including phenoxy) is 1. The van der Waals surface area contributed by atoms with E-state index in [1.165, 1.54) is 0 Å². The first-order valence-electron chi connectivity index (χ1n) is 5.17. The van der Waals surface area contributed by atoms with E-state index in [4.69, 9.17) is 4.74 Å². The minimum Gasteiger partial charge on any atom is -0.367 e. The van der Waals surface area contributed by atoms with Crippen molar-refractivity contribution in [1.29, 1.82) is 0 Å². The maximum atomic E-state index is 11.4. The van der Waals surface area contributed by atoms with Gasteiger partial charge in [0.1, 0.15) is 6.61 Å². The SMILES string of the molecule is CCCCN1CC(CC)OCC1=O. The van der Waals surface area contributed by atoms with Crippen LogP contribution in [0.1, 0.15) is 33.1 Å². The molecule has 1 fully saturated rings. The lowest BCUT2D eigenvalue weighted by atomic mass is 10.2. The second-order valence-corrected chi connectivity index (χ2v) is 3.53. The molecule has 3 heteroatoms.